The zero-order valence-corrected chi connectivity index (χ0v) is 12.8. The maximum Gasteiger partial charge on any atom is 0.287 e. The van der Waals surface area contributed by atoms with Gasteiger partial charge in [0.2, 0.25) is 0 Å². The minimum atomic E-state index is -0.490. The lowest BCUT2D eigenvalue weighted by atomic mass is 10.2. The van der Waals surface area contributed by atoms with Gasteiger partial charge in [0.25, 0.3) is 11.6 Å². The Morgan fingerprint density at radius 2 is 2.19 bits per heavy atom. The fourth-order valence-corrected chi connectivity index (χ4v) is 2.18. The van der Waals surface area contributed by atoms with Crippen molar-refractivity contribution in [3.63, 3.8) is 0 Å². The molecule has 0 aliphatic heterocycles. The number of hydrogen-bond donors (Lipinski definition) is 1. The van der Waals surface area contributed by atoms with Gasteiger partial charge in [-0.3, -0.25) is 14.9 Å². The Kier molecular flexibility index (Phi) is 6.36. The highest BCUT2D eigenvalue weighted by atomic mass is 16.6. The van der Waals surface area contributed by atoms with Crippen LogP contribution in [0.5, 0.6) is 0 Å². The average Bonchev–Trinajstić information content (AvgIpc) is 2.83. The number of aromatic nitrogens is 1. The molecule has 7 nitrogen and oxygen atoms in total. The molecule has 1 heterocycles. The van der Waals surface area contributed by atoms with E-state index in [4.69, 9.17) is 5.11 Å². The first-order valence-corrected chi connectivity index (χ1v) is 7.18. The fourth-order valence-electron chi connectivity index (χ4n) is 2.18. The van der Waals surface area contributed by atoms with Crippen molar-refractivity contribution in [1.29, 1.82) is 0 Å². The largest absolute Gasteiger partial charge is 0.396 e. The number of aliphatic hydroxyl groups excluding tert-OH is 1. The topological polar surface area (TPSA) is 88.6 Å². The average molecular weight is 297 g/mol. The van der Waals surface area contributed by atoms with E-state index in [1.807, 2.05) is 20.8 Å². The number of nitrogens with zero attached hydrogens (tertiary/aromatic N) is 3. The third kappa shape index (κ3) is 4.29. The summed E-state index contributed by atoms with van der Waals surface area (Å²) in [4.78, 5) is 24.7. The molecular weight excluding hydrogens is 274 g/mol. The summed E-state index contributed by atoms with van der Waals surface area (Å²) in [5.41, 5.74) is 0.257. The molecule has 0 fully saturated rings. The summed E-state index contributed by atoms with van der Waals surface area (Å²) in [5, 5.41) is 19.8. The van der Waals surface area contributed by atoms with E-state index < -0.39 is 4.92 Å². The van der Waals surface area contributed by atoms with Gasteiger partial charge in [-0.25, -0.2) is 0 Å². The Morgan fingerprint density at radius 3 is 2.67 bits per heavy atom. The van der Waals surface area contributed by atoms with Crippen LogP contribution in [0.1, 0.15) is 44.1 Å². The molecule has 0 atom stereocenters. The number of aryl methyl sites for hydroxylation is 1. The van der Waals surface area contributed by atoms with Crippen LogP contribution < -0.4 is 0 Å². The monoisotopic (exact) mass is 297 g/mol. The predicted molar refractivity (Wildman–Crippen MR) is 79.3 cm³/mol. The third-order valence-corrected chi connectivity index (χ3v) is 3.22. The summed E-state index contributed by atoms with van der Waals surface area (Å²) in [6.07, 6.45) is 2.67. The first-order valence-electron chi connectivity index (χ1n) is 7.18. The Hall–Kier alpha value is -1.89. The van der Waals surface area contributed by atoms with Crippen molar-refractivity contribution >= 4 is 11.6 Å². The number of amides is 1. The summed E-state index contributed by atoms with van der Waals surface area (Å²) in [6, 6.07) is 1.29. The summed E-state index contributed by atoms with van der Waals surface area (Å²) >= 11 is 0. The third-order valence-electron chi connectivity index (χ3n) is 3.22. The summed E-state index contributed by atoms with van der Waals surface area (Å²) in [5.74, 6) is -0.236. The molecule has 0 aromatic carbocycles. The van der Waals surface area contributed by atoms with Crippen LogP contribution in [0.15, 0.2) is 12.3 Å². The Morgan fingerprint density at radius 1 is 1.52 bits per heavy atom. The van der Waals surface area contributed by atoms with Crippen molar-refractivity contribution < 1.29 is 14.8 Å². The van der Waals surface area contributed by atoms with E-state index in [2.05, 4.69) is 0 Å². The van der Waals surface area contributed by atoms with Gasteiger partial charge in [0, 0.05) is 31.8 Å². The summed E-state index contributed by atoms with van der Waals surface area (Å²) < 4.78 is 1.63. The van der Waals surface area contributed by atoms with Crippen LogP contribution in [0.3, 0.4) is 0 Å². The molecule has 1 rings (SSSR count). The molecule has 0 unspecified atom stereocenters. The highest BCUT2D eigenvalue weighted by Crippen LogP contribution is 2.19. The second kappa shape index (κ2) is 7.78. The zero-order valence-electron chi connectivity index (χ0n) is 12.8. The van der Waals surface area contributed by atoms with Crippen LogP contribution in [0.25, 0.3) is 0 Å². The minimum Gasteiger partial charge on any atom is -0.396 e. The number of carbonyl (C=O) groups is 1. The molecule has 21 heavy (non-hydrogen) atoms. The molecule has 1 amide bonds. The van der Waals surface area contributed by atoms with Gasteiger partial charge >= 0.3 is 0 Å². The van der Waals surface area contributed by atoms with Crippen LogP contribution in [-0.2, 0) is 6.54 Å². The minimum absolute atomic E-state index is 0.00657. The van der Waals surface area contributed by atoms with E-state index in [1.54, 1.807) is 9.47 Å². The lowest BCUT2D eigenvalue weighted by molar-refractivity contribution is -0.384. The van der Waals surface area contributed by atoms with Gasteiger partial charge < -0.3 is 14.6 Å². The van der Waals surface area contributed by atoms with Gasteiger partial charge in [0.15, 0.2) is 0 Å². The predicted octanol–water partition coefficient (Wildman–Crippen LogP) is 2.04. The molecule has 0 radical (unpaired) electrons. The Balaban J connectivity index is 3.10. The summed E-state index contributed by atoms with van der Waals surface area (Å²) in [7, 11) is 0. The quantitative estimate of drug-likeness (QED) is 0.587. The number of aliphatic hydroxyl groups is 1. The highest BCUT2D eigenvalue weighted by Gasteiger charge is 2.24. The molecule has 1 N–H and O–H groups in total. The number of rotatable bonds is 8. The van der Waals surface area contributed by atoms with Crippen molar-refractivity contribution in [1.82, 2.24) is 9.47 Å². The summed E-state index contributed by atoms with van der Waals surface area (Å²) in [6.45, 7) is 6.71. The highest BCUT2D eigenvalue weighted by molar-refractivity contribution is 5.93. The van der Waals surface area contributed by atoms with E-state index in [0.29, 0.717) is 25.2 Å². The van der Waals surface area contributed by atoms with Crippen molar-refractivity contribution in [2.45, 2.75) is 46.2 Å². The zero-order chi connectivity index (χ0) is 16.0. The van der Waals surface area contributed by atoms with Crippen LogP contribution in [-0.4, -0.2) is 44.6 Å². The van der Waals surface area contributed by atoms with E-state index in [-0.39, 0.29) is 24.2 Å². The van der Waals surface area contributed by atoms with Gasteiger partial charge in [-0.05, 0) is 26.7 Å². The lowest BCUT2D eigenvalue weighted by Crippen LogP contribution is -2.39. The first-order chi connectivity index (χ1) is 9.92. The van der Waals surface area contributed by atoms with Crippen LogP contribution in [0, 0.1) is 10.1 Å². The fraction of sp³-hybridized carbons (Fsp3) is 0.643. The van der Waals surface area contributed by atoms with E-state index in [9.17, 15) is 14.9 Å². The molecule has 1 aromatic heterocycles. The van der Waals surface area contributed by atoms with Gasteiger partial charge in [-0.15, -0.1) is 0 Å². The van der Waals surface area contributed by atoms with Crippen LogP contribution in [0.4, 0.5) is 5.69 Å². The maximum absolute atomic E-state index is 12.6. The lowest BCUT2D eigenvalue weighted by Gasteiger charge is -2.26. The Labute approximate surface area is 124 Å². The molecule has 0 aliphatic carbocycles. The maximum atomic E-state index is 12.6. The molecule has 1 aromatic rings. The SMILES string of the molecule is CCCn1cc([N+](=O)[O-])cc1C(=O)N(CCCO)C(C)C. The first kappa shape index (κ1) is 17.2. The molecule has 0 bridgehead atoms. The molecule has 0 aliphatic rings. The van der Waals surface area contributed by atoms with E-state index in [0.717, 1.165) is 6.42 Å². The van der Waals surface area contributed by atoms with Gasteiger partial charge in [0.1, 0.15) is 5.69 Å². The van der Waals surface area contributed by atoms with E-state index >= 15 is 0 Å². The van der Waals surface area contributed by atoms with Crippen LogP contribution in [0.2, 0.25) is 0 Å². The van der Waals surface area contributed by atoms with Gasteiger partial charge in [-0.2, -0.15) is 0 Å². The molecule has 0 spiro atoms. The number of nitro groups is 1. The Bertz CT molecular complexity index is 496. The molecule has 7 heteroatoms. The van der Waals surface area contributed by atoms with Crippen molar-refractivity contribution in [3.05, 3.63) is 28.1 Å². The second-order valence-corrected chi connectivity index (χ2v) is 5.20. The molecular formula is C14H23N3O4. The van der Waals surface area contributed by atoms with Gasteiger partial charge in [-0.1, -0.05) is 6.92 Å². The van der Waals surface area contributed by atoms with Crippen molar-refractivity contribution in [3.8, 4) is 0 Å². The van der Waals surface area contributed by atoms with E-state index in [1.165, 1.54) is 12.3 Å². The standard InChI is InChI=1S/C14H23N3O4/c1-4-6-15-10-12(17(20)21)9-13(15)14(19)16(11(2)3)7-5-8-18/h9-11,18H,4-8H2,1-3H3. The number of hydrogen-bond acceptors (Lipinski definition) is 4. The van der Waals surface area contributed by atoms with Crippen molar-refractivity contribution in [2.75, 3.05) is 13.2 Å². The molecule has 0 saturated heterocycles. The molecule has 118 valence electrons. The normalized spacial score (nSPS) is 10.9. The number of carbonyl (C=O) groups excluding carboxylic acids is 1. The molecule has 0 saturated carbocycles. The van der Waals surface area contributed by atoms with Crippen LogP contribution >= 0.6 is 0 Å². The van der Waals surface area contributed by atoms with Gasteiger partial charge in [0.05, 0.1) is 11.1 Å². The smallest absolute Gasteiger partial charge is 0.287 e. The van der Waals surface area contributed by atoms with Crippen molar-refractivity contribution in [2.24, 2.45) is 0 Å². The second-order valence-electron chi connectivity index (χ2n) is 5.20.